The fourth-order valence-electron chi connectivity index (χ4n) is 7.54. The molecule has 2 atom stereocenters. The molecule has 3 aliphatic heterocycles. The topological polar surface area (TPSA) is 83.4 Å². The number of rotatable bonds is 5. The van der Waals surface area contributed by atoms with E-state index in [2.05, 4.69) is 15.5 Å². The van der Waals surface area contributed by atoms with Gasteiger partial charge in [-0.1, -0.05) is 30.3 Å². The number of amides is 3. The Morgan fingerprint density at radius 1 is 0.957 bits per heavy atom. The molecule has 0 radical (unpaired) electrons. The number of anilines is 1. The highest BCUT2D eigenvalue weighted by Gasteiger charge is 2.67. The number of urea groups is 1. The van der Waals surface area contributed by atoms with Crippen LogP contribution in [0.2, 0.25) is 0 Å². The fourth-order valence-corrected chi connectivity index (χ4v) is 7.54. The number of nitrogens with zero attached hydrogens (tertiary/aromatic N) is 5. The van der Waals surface area contributed by atoms with Crippen molar-refractivity contribution >= 4 is 17.6 Å². The van der Waals surface area contributed by atoms with Crippen molar-refractivity contribution in [3.63, 3.8) is 0 Å². The third-order valence-electron chi connectivity index (χ3n) is 10.4. The van der Waals surface area contributed by atoms with Crippen molar-refractivity contribution in [2.75, 3.05) is 25.0 Å². The summed E-state index contributed by atoms with van der Waals surface area (Å²) in [5.41, 5.74) is -0.134. The van der Waals surface area contributed by atoms with E-state index in [1.54, 1.807) is 4.90 Å². The van der Waals surface area contributed by atoms with Crippen LogP contribution in [0.4, 0.5) is 32.4 Å². The molecule has 2 aromatic carbocycles. The molecule has 2 fully saturated rings. The SMILES string of the molecule is O=C(C[C@@H]1CCC(c2cccc(F)c2F)Cn2c1nnc2C1(C(F)(F)F)CC1)N1CCC(N2CCc3ccccc3NC2=O)CC1. The lowest BCUT2D eigenvalue weighted by atomic mass is 9.89. The predicted octanol–water partition coefficient (Wildman–Crippen LogP) is 6.28. The van der Waals surface area contributed by atoms with Gasteiger partial charge in [-0.15, -0.1) is 10.2 Å². The first-order valence-electron chi connectivity index (χ1n) is 15.9. The summed E-state index contributed by atoms with van der Waals surface area (Å²) in [4.78, 5) is 30.3. The normalized spacial score (nSPS) is 23.2. The molecular formula is C33H35F5N6O2. The maximum atomic E-state index is 14.9. The van der Waals surface area contributed by atoms with Crippen LogP contribution in [0.3, 0.4) is 0 Å². The Hall–Kier alpha value is -4.03. The van der Waals surface area contributed by atoms with Gasteiger partial charge in [-0.05, 0) is 68.2 Å². The molecule has 1 unspecified atom stereocenters. The summed E-state index contributed by atoms with van der Waals surface area (Å²) >= 11 is 0. The van der Waals surface area contributed by atoms with E-state index in [0.29, 0.717) is 45.3 Å². The van der Waals surface area contributed by atoms with Gasteiger partial charge in [0.1, 0.15) is 17.1 Å². The largest absolute Gasteiger partial charge is 0.401 e. The molecule has 8 nitrogen and oxygen atoms in total. The van der Waals surface area contributed by atoms with Crippen LogP contribution in [0, 0.1) is 11.6 Å². The van der Waals surface area contributed by atoms with Gasteiger partial charge in [0.2, 0.25) is 5.91 Å². The third-order valence-corrected chi connectivity index (χ3v) is 10.4. The van der Waals surface area contributed by atoms with Gasteiger partial charge >= 0.3 is 12.2 Å². The Bertz CT molecular complexity index is 1650. The molecule has 1 saturated heterocycles. The number of likely N-dealkylation sites (tertiary alicyclic amines) is 1. The van der Waals surface area contributed by atoms with Crippen molar-refractivity contribution in [1.29, 1.82) is 0 Å². The minimum absolute atomic E-state index is 0.0136. The molecule has 4 aliphatic rings. The van der Waals surface area contributed by atoms with Gasteiger partial charge < -0.3 is 19.7 Å². The molecule has 3 aromatic rings. The van der Waals surface area contributed by atoms with E-state index in [9.17, 15) is 31.5 Å². The predicted molar refractivity (Wildman–Crippen MR) is 158 cm³/mol. The maximum absolute atomic E-state index is 14.9. The summed E-state index contributed by atoms with van der Waals surface area (Å²) in [6.07, 6.45) is -2.12. The van der Waals surface area contributed by atoms with Crippen molar-refractivity contribution in [3.05, 3.63) is 76.9 Å². The minimum atomic E-state index is -4.54. The number of aromatic nitrogens is 3. The number of piperidine rings is 1. The van der Waals surface area contributed by atoms with Gasteiger partial charge in [-0.25, -0.2) is 13.6 Å². The Labute approximate surface area is 263 Å². The van der Waals surface area contributed by atoms with Crippen molar-refractivity contribution in [2.45, 2.75) is 87.4 Å². The number of carbonyl (C=O) groups is 2. The van der Waals surface area contributed by atoms with Crippen molar-refractivity contribution in [2.24, 2.45) is 0 Å². The van der Waals surface area contributed by atoms with Crippen LogP contribution < -0.4 is 5.32 Å². The van der Waals surface area contributed by atoms with Crippen molar-refractivity contribution in [1.82, 2.24) is 24.6 Å². The van der Waals surface area contributed by atoms with Crippen LogP contribution in [0.15, 0.2) is 42.5 Å². The summed E-state index contributed by atoms with van der Waals surface area (Å²) in [5, 5.41) is 11.2. The van der Waals surface area contributed by atoms with Crippen LogP contribution in [-0.2, 0) is 23.2 Å². The van der Waals surface area contributed by atoms with Gasteiger partial charge in [0, 0.05) is 56.2 Å². The monoisotopic (exact) mass is 642 g/mol. The second-order valence-corrected chi connectivity index (χ2v) is 13.0. The molecule has 244 valence electrons. The van der Waals surface area contributed by atoms with Gasteiger partial charge in [0.05, 0.1) is 0 Å². The van der Waals surface area contributed by atoms with Gasteiger partial charge in [0.15, 0.2) is 11.6 Å². The maximum Gasteiger partial charge on any atom is 0.401 e. The lowest BCUT2D eigenvalue weighted by Crippen LogP contribution is -2.50. The van der Waals surface area contributed by atoms with E-state index in [4.69, 9.17) is 0 Å². The summed E-state index contributed by atoms with van der Waals surface area (Å²) in [5.74, 6) is -3.26. The first-order chi connectivity index (χ1) is 22.1. The zero-order valence-corrected chi connectivity index (χ0v) is 25.2. The van der Waals surface area contributed by atoms with E-state index in [-0.39, 0.29) is 61.0 Å². The lowest BCUT2D eigenvalue weighted by Gasteiger charge is -2.38. The molecule has 3 amide bonds. The van der Waals surface area contributed by atoms with E-state index < -0.39 is 35.1 Å². The average molecular weight is 643 g/mol. The summed E-state index contributed by atoms with van der Waals surface area (Å²) in [6.45, 7) is 1.43. The van der Waals surface area contributed by atoms with Crippen LogP contribution in [-0.4, -0.2) is 68.4 Å². The second-order valence-electron chi connectivity index (χ2n) is 13.0. The summed E-state index contributed by atoms with van der Waals surface area (Å²) < 4.78 is 73.2. The highest BCUT2D eigenvalue weighted by molar-refractivity contribution is 5.91. The molecule has 0 spiro atoms. The molecule has 1 aliphatic carbocycles. The molecule has 0 bridgehead atoms. The number of nitrogens with one attached hydrogen (secondary N) is 1. The quantitative estimate of drug-likeness (QED) is 0.332. The molecule has 1 aromatic heterocycles. The van der Waals surface area contributed by atoms with Crippen molar-refractivity contribution < 1.29 is 31.5 Å². The summed E-state index contributed by atoms with van der Waals surface area (Å²) in [7, 11) is 0. The van der Waals surface area contributed by atoms with Crippen LogP contribution >= 0.6 is 0 Å². The third kappa shape index (κ3) is 5.41. The second kappa shape index (κ2) is 11.6. The number of para-hydroxylation sites is 1. The number of hydrogen-bond donors (Lipinski definition) is 1. The van der Waals surface area contributed by atoms with Gasteiger partial charge in [0.25, 0.3) is 0 Å². The molecular weight excluding hydrogens is 607 g/mol. The van der Waals surface area contributed by atoms with E-state index in [0.717, 1.165) is 23.7 Å². The Morgan fingerprint density at radius 2 is 1.72 bits per heavy atom. The zero-order chi connectivity index (χ0) is 32.2. The molecule has 1 saturated carbocycles. The fraction of sp³-hybridized carbons (Fsp3) is 0.515. The Kier molecular flexibility index (Phi) is 7.75. The molecule has 1 N–H and O–H groups in total. The lowest BCUT2D eigenvalue weighted by molar-refractivity contribution is -0.163. The van der Waals surface area contributed by atoms with Crippen molar-refractivity contribution in [3.8, 4) is 0 Å². The standard InChI is InChI=1S/C33H35F5N6O2/c34-25-6-3-5-24(28(25)35)22-9-8-21(29-40-41-30(44(29)19-22)32(13-14-32)33(36,37)38)18-27(45)42-15-11-23(12-16-42)43-17-10-20-4-1-2-7-26(20)39-31(43)46/h1-7,21-23H,8-19H2,(H,39,46)/t21-,22?/m0/s1. The average Bonchev–Trinajstić information content (AvgIpc) is 3.81. The number of hydrogen-bond acceptors (Lipinski definition) is 4. The van der Waals surface area contributed by atoms with E-state index in [1.165, 1.54) is 16.7 Å². The molecule has 4 heterocycles. The van der Waals surface area contributed by atoms with Crippen LogP contribution in [0.25, 0.3) is 0 Å². The molecule has 7 rings (SSSR count). The van der Waals surface area contributed by atoms with Crippen LogP contribution in [0.5, 0.6) is 0 Å². The van der Waals surface area contributed by atoms with Crippen LogP contribution in [0.1, 0.15) is 79.6 Å². The number of benzene rings is 2. The minimum Gasteiger partial charge on any atom is -0.343 e. The number of alkyl halides is 3. The Morgan fingerprint density at radius 3 is 2.46 bits per heavy atom. The Balaban J connectivity index is 1.07. The zero-order valence-electron chi connectivity index (χ0n) is 25.2. The number of halogens is 5. The molecule has 46 heavy (non-hydrogen) atoms. The van der Waals surface area contributed by atoms with E-state index in [1.807, 2.05) is 29.2 Å². The summed E-state index contributed by atoms with van der Waals surface area (Å²) in [6, 6.07) is 11.4. The highest BCUT2D eigenvalue weighted by atomic mass is 19.4. The van der Waals surface area contributed by atoms with Gasteiger partial charge in [-0.2, -0.15) is 13.2 Å². The highest BCUT2D eigenvalue weighted by Crippen LogP contribution is 2.59. The smallest absolute Gasteiger partial charge is 0.343 e. The van der Waals surface area contributed by atoms with E-state index >= 15 is 0 Å². The first-order valence-corrected chi connectivity index (χ1v) is 15.9. The number of fused-ring (bicyclic) bond motifs is 2. The van der Waals surface area contributed by atoms with Gasteiger partial charge in [-0.3, -0.25) is 4.79 Å². The molecule has 13 heteroatoms. The number of carbonyl (C=O) groups excluding carboxylic acids is 2. The first kappa shape index (κ1) is 30.6.